The summed E-state index contributed by atoms with van der Waals surface area (Å²) in [5.74, 6) is 0.378. The van der Waals surface area contributed by atoms with Crippen molar-refractivity contribution in [2.45, 2.75) is 25.7 Å². The minimum Gasteiger partial charge on any atom is -0.371 e. The number of nitrogens with zero attached hydrogens (tertiary/aromatic N) is 1. The maximum atomic E-state index is 6.03. The molecule has 0 aliphatic heterocycles. The molecule has 1 atom stereocenters. The maximum absolute atomic E-state index is 6.03. The number of nitrogens with two attached hydrogens (primary N) is 1. The lowest BCUT2D eigenvalue weighted by Gasteiger charge is -2.29. The van der Waals surface area contributed by atoms with E-state index >= 15 is 0 Å². The predicted molar refractivity (Wildman–Crippen MR) is 91.8 cm³/mol. The van der Waals surface area contributed by atoms with Gasteiger partial charge in [-0.25, -0.2) is 0 Å². The zero-order chi connectivity index (χ0) is 14.9. The van der Waals surface area contributed by atoms with Crippen molar-refractivity contribution >= 4 is 5.69 Å². The molecule has 0 saturated carbocycles. The third-order valence-corrected chi connectivity index (χ3v) is 3.90. The van der Waals surface area contributed by atoms with Gasteiger partial charge in [0.15, 0.2) is 0 Å². The molecular formula is C19H26N2. The van der Waals surface area contributed by atoms with E-state index < -0.39 is 0 Å². The van der Waals surface area contributed by atoms with Crippen molar-refractivity contribution in [1.29, 1.82) is 0 Å². The number of hydrogen-bond acceptors (Lipinski definition) is 2. The van der Waals surface area contributed by atoms with Gasteiger partial charge in [-0.1, -0.05) is 61.9 Å². The van der Waals surface area contributed by atoms with Crippen LogP contribution < -0.4 is 10.6 Å². The molecule has 2 rings (SSSR count). The van der Waals surface area contributed by atoms with Gasteiger partial charge in [-0.2, -0.15) is 0 Å². The summed E-state index contributed by atoms with van der Waals surface area (Å²) < 4.78 is 0. The third kappa shape index (κ3) is 4.61. The van der Waals surface area contributed by atoms with Crippen LogP contribution in [-0.2, 0) is 0 Å². The first-order valence-electron chi connectivity index (χ1n) is 7.90. The standard InChI is InChI=1S/C19H26N2/c1-2-3-14-21(19-12-8-5-9-13-19)16-18(15-20)17-10-6-4-7-11-17/h4-13,18H,2-3,14-16,20H2,1H3. The number of unbranched alkanes of at least 4 members (excludes halogenated alkanes) is 1. The Bertz CT molecular complexity index is 495. The van der Waals surface area contributed by atoms with Crippen molar-refractivity contribution in [2.24, 2.45) is 5.73 Å². The summed E-state index contributed by atoms with van der Waals surface area (Å²) in [6, 6.07) is 21.3. The number of rotatable bonds is 8. The summed E-state index contributed by atoms with van der Waals surface area (Å²) in [6.45, 7) is 4.98. The normalized spacial score (nSPS) is 12.1. The molecule has 112 valence electrons. The van der Waals surface area contributed by atoms with Crippen LogP contribution in [0.1, 0.15) is 31.2 Å². The molecule has 0 bridgehead atoms. The largest absolute Gasteiger partial charge is 0.371 e. The van der Waals surface area contributed by atoms with Crippen LogP contribution in [0.3, 0.4) is 0 Å². The van der Waals surface area contributed by atoms with E-state index in [1.165, 1.54) is 24.1 Å². The molecule has 2 aromatic rings. The van der Waals surface area contributed by atoms with Gasteiger partial charge in [0, 0.05) is 31.2 Å². The monoisotopic (exact) mass is 282 g/mol. The van der Waals surface area contributed by atoms with Crippen molar-refractivity contribution < 1.29 is 0 Å². The molecule has 2 nitrogen and oxygen atoms in total. The fourth-order valence-electron chi connectivity index (χ4n) is 2.62. The summed E-state index contributed by atoms with van der Waals surface area (Å²) in [4.78, 5) is 2.47. The summed E-state index contributed by atoms with van der Waals surface area (Å²) in [5.41, 5.74) is 8.66. The highest BCUT2D eigenvalue weighted by atomic mass is 15.1. The zero-order valence-electron chi connectivity index (χ0n) is 12.9. The first-order chi connectivity index (χ1) is 10.3. The SMILES string of the molecule is CCCCN(CC(CN)c1ccccc1)c1ccccc1. The van der Waals surface area contributed by atoms with Crippen LogP contribution in [0, 0.1) is 0 Å². The Hall–Kier alpha value is -1.80. The van der Waals surface area contributed by atoms with Gasteiger partial charge in [0.2, 0.25) is 0 Å². The highest BCUT2D eigenvalue weighted by Gasteiger charge is 2.15. The van der Waals surface area contributed by atoms with E-state index in [0.717, 1.165) is 13.1 Å². The van der Waals surface area contributed by atoms with Gasteiger partial charge in [-0.15, -0.1) is 0 Å². The highest BCUT2D eigenvalue weighted by Crippen LogP contribution is 2.21. The fraction of sp³-hybridized carbons (Fsp3) is 0.368. The number of hydrogen-bond donors (Lipinski definition) is 1. The molecule has 0 saturated heterocycles. The molecule has 2 heteroatoms. The van der Waals surface area contributed by atoms with E-state index in [1.54, 1.807) is 0 Å². The van der Waals surface area contributed by atoms with Crippen LogP contribution in [0.4, 0.5) is 5.69 Å². The molecule has 0 spiro atoms. The summed E-state index contributed by atoms with van der Waals surface area (Å²) in [6.07, 6.45) is 2.42. The van der Waals surface area contributed by atoms with Crippen LogP contribution in [0.5, 0.6) is 0 Å². The number of benzene rings is 2. The Balaban J connectivity index is 2.13. The molecule has 0 aromatic heterocycles. The Morgan fingerprint density at radius 1 is 0.952 bits per heavy atom. The Morgan fingerprint density at radius 2 is 1.57 bits per heavy atom. The second-order valence-electron chi connectivity index (χ2n) is 5.48. The lowest BCUT2D eigenvalue weighted by Crippen LogP contribution is -2.32. The van der Waals surface area contributed by atoms with Crippen molar-refractivity contribution in [1.82, 2.24) is 0 Å². The Morgan fingerprint density at radius 3 is 2.14 bits per heavy atom. The van der Waals surface area contributed by atoms with Gasteiger partial charge in [-0.3, -0.25) is 0 Å². The third-order valence-electron chi connectivity index (χ3n) is 3.90. The van der Waals surface area contributed by atoms with E-state index in [2.05, 4.69) is 72.5 Å². The summed E-state index contributed by atoms with van der Waals surface area (Å²) >= 11 is 0. The summed E-state index contributed by atoms with van der Waals surface area (Å²) in [7, 11) is 0. The molecule has 21 heavy (non-hydrogen) atoms. The molecular weight excluding hydrogens is 256 g/mol. The van der Waals surface area contributed by atoms with Crippen LogP contribution >= 0.6 is 0 Å². The minimum atomic E-state index is 0.378. The second kappa shape index (κ2) is 8.48. The van der Waals surface area contributed by atoms with E-state index in [-0.39, 0.29) is 0 Å². The quantitative estimate of drug-likeness (QED) is 0.792. The van der Waals surface area contributed by atoms with E-state index in [9.17, 15) is 0 Å². The number of para-hydroxylation sites is 1. The van der Waals surface area contributed by atoms with Crippen LogP contribution in [0.2, 0.25) is 0 Å². The Labute approximate surface area is 128 Å². The van der Waals surface area contributed by atoms with E-state index in [4.69, 9.17) is 5.73 Å². The lowest BCUT2D eigenvalue weighted by atomic mass is 9.98. The first-order valence-corrected chi connectivity index (χ1v) is 7.90. The van der Waals surface area contributed by atoms with Crippen molar-refractivity contribution in [2.75, 3.05) is 24.5 Å². The molecule has 0 aliphatic carbocycles. The van der Waals surface area contributed by atoms with Crippen molar-refractivity contribution in [3.8, 4) is 0 Å². The Kier molecular flexibility index (Phi) is 6.29. The molecule has 2 N–H and O–H groups in total. The average Bonchev–Trinajstić information content (AvgIpc) is 2.57. The van der Waals surface area contributed by atoms with Gasteiger partial charge in [0.1, 0.15) is 0 Å². The molecule has 0 amide bonds. The average molecular weight is 282 g/mol. The number of anilines is 1. The van der Waals surface area contributed by atoms with Gasteiger partial charge in [0.25, 0.3) is 0 Å². The molecule has 1 unspecified atom stereocenters. The molecule has 0 fully saturated rings. The summed E-state index contributed by atoms with van der Waals surface area (Å²) in [5, 5.41) is 0. The highest BCUT2D eigenvalue weighted by molar-refractivity contribution is 5.46. The van der Waals surface area contributed by atoms with Crippen LogP contribution in [0.15, 0.2) is 60.7 Å². The van der Waals surface area contributed by atoms with Crippen molar-refractivity contribution in [3.63, 3.8) is 0 Å². The van der Waals surface area contributed by atoms with Crippen LogP contribution in [0.25, 0.3) is 0 Å². The van der Waals surface area contributed by atoms with Gasteiger partial charge in [0.05, 0.1) is 0 Å². The second-order valence-corrected chi connectivity index (χ2v) is 5.48. The lowest BCUT2D eigenvalue weighted by molar-refractivity contribution is 0.630. The maximum Gasteiger partial charge on any atom is 0.0366 e. The molecule has 0 radical (unpaired) electrons. The topological polar surface area (TPSA) is 29.3 Å². The smallest absolute Gasteiger partial charge is 0.0366 e. The van der Waals surface area contributed by atoms with Crippen LogP contribution in [-0.4, -0.2) is 19.6 Å². The first kappa shape index (κ1) is 15.6. The van der Waals surface area contributed by atoms with E-state index in [1.807, 2.05) is 0 Å². The van der Waals surface area contributed by atoms with Gasteiger partial charge < -0.3 is 10.6 Å². The minimum absolute atomic E-state index is 0.378. The molecule has 0 aliphatic rings. The van der Waals surface area contributed by atoms with Crippen molar-refractivity contribution in [3.05, 3.63) is 66.2 Å². The van der Waals surface area contributed by atoms with Gasteiger partial charge in [-0.05, 0) is 24.1 Å². The van der Waals surface area contributed by atoms with E-state index in [0.29, 0.717) is 12.5 Å². The molecule has 0 heterocycles. The predicted octanol–water partition coefficient (Wildman–Crippen LogP) is 4.04. The fourth-order valence-corrected chi connectivity index (χ4v) is 2.62. The zero-order valence-corrected chi connectivity index (χ0v) is 12.9. The molecule has 2 aromatic carbocycles. The van der Waals surface area contributed by atoms with Gasteiger partial charge >= 0.3 is 0 Å².